The van der Waals surface area contributed by atoms with Gasteiger partial charge in [-0.05, 0) is 69.1 Å². The van der Waals surface area contributed by atoms with Crippen LogP contribution in [-0.4, -0.2) is 50.7 Å². The minimum absolute atomic E-state index is 0.0667. The Morgan fingerprint density at radius 2 is 1.73 bits per heavy atom. The van der Waals surface area contributed by atoms with E-state index in [1.807, 2.05) is 37.4 Å². The number of aliphatic hydroxyl groups is 1. The lowest BCUT2D eigenvalue weighted by atomic mass is 9.63. The zero-order valence-corrected chi connectivity index (χ0v) is 23.9. The number of nitrogens with one attached hydrogen (secondary N) is 1. The highest BCUT2D eigenvalue weighted by molar-refractivity contribution is 5.91. The maximum atomic E-state index is 15.3. The predicted molar refractivity (Wildman–Crippen MR) is 156 cm³/mol. The molecule has 1 heterocycles. The first-order chi connectivity index (χ1) is 19.4. The summed E-state index contributed by atoms with van der Waals surface area (Å²) in [7, 11) is 1.84. The highest BCUT2D eigenvalue weighted by Gasteiger charge is 2.50. The summed E-state index contributed by atoms with van der Waals surface area (Å²) in [6.45, 7) is 3.28. The molecular weight excluding hydrogens is 521 g/mol. The number of aromatic nitrogens is 2. The van der Waals surface area contributed by atoms with Gasteiger partial charge in [-0.3, -0.25) is 9.59 Å². The summed E-state index contributed by atoms with van der Waals surface area (Å²) in [5, 5.41) is 21.8. The lowest BCUT2D eigenvalue weighted by Gasteiger charge is -2.49. The van der Waals surface area contributed by atoms with Crippen LogP contribution in [-0.2, 0) is 15.1 Å². The second-order valence-corrected chi connectivity index (χ2v) is 12.1. The number of nitrogens with zero attached hydrogens (tertiary/aromatic N) is 3. The molecule has 0 spiro atoms. The Labute approximate surface area is 240 Å². The van der Waals surface area contributed by atoms with Crippen LogP contribution >= 0.6 is 0 Å². The smallest absolute Gasteiger partial charge is 0.225 e. The third-order valence-corrected chi connectivity index (χ3v) is 8.65. The van der Waals surface area contributed by atoms with Crippen LogP contribution in [0.5, 0.6) is 0 Å². The standard InChI is InChI=1S/C32H38FN5O3/c1-20(39)38(3)24-12-9-21(10-13-24)15-29(40)35-28-17-25(22-7-5-4-6-8-22)30(37-36-28)23-11-14-26(27(33)16-23)32(34)18-31(2,41)19-32/h4-8,11,14,16-17,21,24,41H,9-10,12-13,15,18-19,34H2,1-3H3,(H,35,36,40)/t21?,24?,31-,32-. The van der Waals surface area contributed by atoms with Gasteiger partial charge in [-0.15, -0.1) is 10.2 Å². The lowest BCUT2D eigenvalue weighted by Crippen LogP contribution is -2.58. The molecule has 2 fully saturated rings. The molecule has 0 saturated heterocycles. The van der Waals surface area contributed by atoms with Gasteiger partial charge in [-0.2, -0.15) is 0 Å². The number of halogens is 1. The molecule has 0 aliphatic heterocycles. The topological polar surface area (TPSA) is 121 Å². The monoisotopic (exact) mass is 559 g/mol. The minimum Gasteiger partial charge on any atom is -0.390 e. The van der Waals surface area contributed by atoms with Crippen LogP contribution in [0.15, 0.2) is 54.6 Å². The first kappa shape index (κ1) is 28.8. The van der Waals surface area contributed by atoms with E-state index in [2.05, 4.69) is 15.5 Å². The summed E-state index contributed by atoms with van der Waals surface area (Å²) in [5.74, 6) is 0.0609. The highest BCUT2D eigenvalue weighted by atomic mass is 19.1. The largest absolute Gasteiger partial charge is 0.390 e. The van der Waals surface area contributed by atoms with Crippen LogP contribution < -0.4 is 11.1 Å². The molecule has 5 rings (SSSR count). The molecule has 216 valence electrons. The second kappa shape index (κ2) is 11.3. The van der Waals surface area contributed by atoms with Crippen LogP contribution in [0.4, 0.5) is 10.2 Å². The van der Waals surface area contributed by atoms with Crippen molar-refractivity contribution in [2.45, 2.75) is 76.0 Å². The third kappa shape index (κ3) is 6.31. The number of anilines is 1. The molecule has 9 heteroatoms. The van der Waals surface area contributed by atoms with Crippen molar-refractivity contribution in [3.63, 3.8) is 0 Å². The van der Waals surface area contributed by atoms with Crippen LogP contribution in [0.3, 0.4) is 0 Å². The van der Waals surface area contributed by atoms with Crippen molar-refractivity contribution in [1.29, 1.82) is 0 Å². The normalized spacial score (nSPS) is 25.7. The summed E-state index contributed by atoms with van der Waals surface area (Å²) in [4.78, 5) is 26.4. The fourth-order valence-electron chi connectivity index (χ4n) is 6.52. The zero-order chi connectivity index (χ0) is 29.4. The third-order valence-electron chi connectivity index (χ3n) is 8.65. The molecule has 2 aliphatic rings. The van der Waals surface area contributed by atoms with E-state index in [1.54, 1.807) is 36.9 Å². The SMILES string of the molecule is CC(=O)N(C)C1CCC(CC(=O)Nc2cc(-c3ccccc3)c(-c3ccc([C@]4(N)C[C@](C)(O)C4)c(F)c3)nn2)CC1. The molecule has 0 unspecified atom stereocenters. The Kier molecular flexibility index (Phi) is 7.94. The van der Waals surface area contributed by atoms with Crippen molar-refractivity contribution in [1.82, 2.24) is 15.1 Å². The van der Waals surface area contributed by atoms with Crippen LogP contribution in [0.2, 0.25) is 0 Å². The van der Waals surface area contributed by atoms with Crippen LogP contribution in [0.25, 0.3) is 22.4 Å². The van der Waals surface area contributed by atoms with E-state index < -0.39 is 17.0 Å². The van der Waals surface area contributed by atoms with Gasteiger partial charge in [0.15, 0.2) is 5.82 Å². The van der Waals surface area contributed by atoms with E-state index in [0.29, 0.717) is 34.6 Å². The summed E-state index contributed by atoms with van der Waals surface area (Å²) in [5.41, 5.74) is 7.56. The molecule has 2 aromatic carbocycles. The molecule has 2 saturated carbocycles. The molecule has 2 amide bonds. The van der Waals surface area contributed by atoms with Gasteiger partial charge in [0.25, 0.3) is 0 Å². The second-order valence-electron chi connectivity index (χ2n) is 12.1. The molecular formula is C32H38FN5O3. The Balaban J connectivity index is 1.33. The van der Waals surface area contributed by atoms with E-state index in [1.165, 1.54) is 6.07 Å². The first-order valence-corrected chi connectivity index (χ1v) is 14.2. The van der Waals surface area contributed by atoms with Crippen molar-refractivity contribution in [3.05, 3.63) is 66.0 Å². The Bertz CT molecular complexity index is 1430. The molecule has 0 radical (unpaired) electrons. The maximum absolute atomic E-state index is 15.3. The number of hydrogen-bond donors (Lipinski definition) is 3. The van der Waals surface area contributed by atoms with Crippen molar-refractivity contribution >= 4 is 17.6 Å². The number of nitrogens with two attached hydrogens (primary N) is 1. The molecule has 8 nitrogen and oxygen atoms in total. The Hall–Kier alpha value is -3.69. The molecule has 3 aromatic rings. The molecule has 0 bridgehead atoms. The first-order valence-electron chi connectivity index (χ1n) is 14.2. The molecule has 2 aliphatic carbocycles. The Morgan fingerprint density at radius 3 is 2.34 bits per heavy atom. The summed E-state index contributed by atoms with van der Waals surface area (Å²) < 4.78 is 15.3. The van der Waals surface area contributed by atoms with Crippen molar-refractivity contribution < 1.29 is 19.1 Å². The number of carbonyl (C=O) groups excluding carboxylic acids is 2. The summed E-state index contributed by atoms with van der Waals surface area (Å²) in [6.07, 6.45) is 4.51. The highest BCUT2D eigenvalue weighted by Crippen LogP contribution is 2.47. The van der Waals surface area contributed by atoms with Crippen LogP contribution in [0.1, 0.15) is 64.4 Å². The number of rotatable bonds is 7. The molecule has 4 N–H and O–H groups in total. The van der Waals surface area contributed by atoms with Gasteiger partial charge >= 0.3 is 0 Å². The van der Waals surface area contributed by atoms with Crippen molar-refractivity contribution in [2.24, 2.45) is 11.7 Å². The van der Waals surface area contributed by atoms with Gasteiger partial charge in [0.1, 0.15) is 11.5 Å². The van der Waals surface area contributed by atoms with Crippen molar-refractivity contribution in [2.75, 3.05) is 12.4 Å². The number of hydrogen-bond acceptors (Lipinski definition) is 6. The lowest BCUT2D eigenvalue weighted by molar-refractivity contribution is -0.130. The average Bonchev–Trinajstić information content (AvgIpc) is 2.92. The van der Waals surface area contributed by atoms with Gasteiger partial charge in [0.05, 0.1) is 5.60 Å². The van der Waals surface area contributed by atoms with Crippen LogP contribution in [0, 0.1) is 11.7 Å². The quantitative estimate of drug-likeness (QED) is 0.374. The predicted octanol–water partition coefficient (Wildman–Crippen LogP) is 5.01. The van der Waals surface area contributed by atoms with E-state index in [4.69, 9.17) is 5.73 Å². The van der Waals surface area contributed by atoms with Gasteiger partial charge in [0.2, 0.25) is 11.8 Å². The fraction of sp³-hybridized carbons (Fsp3) is 0.438. The van der Waals surface area contributed by atoms with E-state index in [0.717, 1.165) is 31.2 Å². The zero-order valence-electron chi connectivity index (χ0n) is 23.9. The van der Waals surface area contributed by atoms with E-state index in [-0.39, 0.29) is 36.6 Å². The molecule has 0 atom stereocenters. The van der Waals surface area contributed by atoms with E-state index >= 15 is 4.39 Å². The van der Waals surface area contributed by atoms with Crippen molar-refractivity contribution in [3.8, 4) is 22.4 Å². The van der Waals surface area contributed by atoms with Gasteiger partial charge in [-0.25, -0.2) is 4.39 Å². The number of carbonyl (C=O) groups is 2. The molecule has 1 aromatic heterocycles. The van der Waals surface area contributed by atoms with E-state index in [9.17, 15) is 14.7 Å². The maximum Gasteiger partial charge on any atom is 0.225 e. The number of amides is 2. The van der Waals surface area contributed by atoms with Gasteiger partial charge in [0, 0.05) is 48.7 Å². The fourth-order valence-corrected chi connectivity index (χ4v) is 6.52. The average molecular weight is 560 g/mol. The Morgan fingerprint density at radius 1 is 1.05 bits per heavy atom. The minimum atomic E-state index is -0.906. The van der Waals surface area contributed by atoms with Gasteiger partial charge < -0.3 is 21.1 Å². The van der Waals surface area contributed by atoms with Gasteiger partial charge in [-0.1, -0.05) is 42.5 Å². The summed E-state index contributed by atoms with van der Waals surface area (Å²) >= 11 is 0. The number of benzene rings is 2. The molecule has 41 heavy (non-hydrogen) atoms. The summed E-state index contributed by atoms with van der Waals surface area (Å²) in [6, 6.07) is 16.4.